The van der Waals surface area contributed by atoms with E-state index in [0.717, 1.165) is 40.8 Å². The molecule has 1 amide bonds. The van der Waals surface area contributed by atoms with Crippen molar-refractivity contribution in [3.8, 4) is 0 Å². The summed E-state index contributed by atoms with van der Waals surface area (Å²) in [5.41, 5.74) is 4.53. The number of nitrogens with one attached hydrogen (secondary N) is 1. The molecule has 1 aromatic rings. The van der Waals surface area contributed by atoms with Crippen molar-refractivity contribution in [2.75, 3.05) is 5.32 Å². The average Bonchev–Trinajstić information content (AvgIpc) is 2.56. The predicted octanol–water partition coefficient (Wildman–Crippen LogP) is 3.37. The molecule has 19 heavy (non-hydrogen) atoms. The maximum absolute atomic E-state index is 12.0. The summed E-state index contributed by atoms with van der Waals surface area (Å²) in [5, 5.41) is 13.3. The van der Waals surface area contributed by atoms with E-state index < -0.39 is 11.5 Å². The van der Waals surface area contributed by atoms with Gasteiger partial charge in [-0.15, -0.1) is 0 Å². The fourth-order valence-electron chi connectivity index (χ4n) is 2.76. The monoisotopic (exact) mass is 261 g/mol. The van der Waals surface area contributed by atoms with E-state index in [4.69, 9.17) is 0 Å². The minimum absolute atomic E-state index is 0.0344. The van der Waals surface area contributed by atoms with E-state index in [1.54, 1.807) is 0 Å². The van der Waals surface area contributed by atoms with Crippen molar-refractivity contribution >= 4 is 11.6 Å². The summed E-state index contributed by atoms with van der Waals surface area (Å²) in [4.78, 5) is 12.0. The van der Waals surface area contributed by atoms with Gasteiger partial charge in [-0.2, -0.15) is 0 Å². The first-order valence-electron chi connectivity index (χ1n) is 6.94. The molecule has 0 radical (unpaired) electrons. The molecule has 104 valence electrons. The van der Waals surface area contributed by atoms with Crippen LogP contribution < -0.4 is 5.32 Å². The lowest BCUT2D eigenvalue weighted by atomic mass is 9.82. The summed E-state index contributed by atoms with van der Waals surface area (Å²) in [6.07, 6.45) is 1.25. The topological polar surface area (TPSA) is 49.3 Å². The van der Waals surface area contributed by atoms with Crippen LogP contribution in [0.2, 0.25) is 0 Å². The van der Waals surface area contributed by atoms with Crippen molar-refractivity contribution in [3.63, 3.8) is 0 Å². The van der Waals surface area contributed by atoms with Gasteiger partial charge in [-0.25, -0.2) is 0 Å². The molecule has 1 aliphatic rings. The highest BCUT2D eigenvalue weighted by Gasteiger charge is 2.40. The summed E-state index contributed by atoms with van der Waals surface area (Å²) in [7, 11) is 0. The van der Waals surface area contributed by atoms with Crippen molar-refractivity contribution in [3.05, 3.63) is 28.3 Å². The van der Waals surface area contributed by atoms with Crippen LogP contribution in [-0.2, 0) is 10.2 Å². The number of rotatable bonds is 3. The summed E-state index contributed by atoms with van der Waals surface area (Å²) in [5.74, 6) is 0.0344. The Morgan fingerprint density at radius 3 is 2.53 bits per heavy atom. The van der Waals surface area contributed by atoms with Crippen molar-refractivity contribution in [1.82, 2.24) is 0 Å². The van der Waals surface area contributed by atoms with Crippen LogP contribution >= 0.6 is 0 Å². The van der Waals surface area contributed by atoms with Gasteiger partial charge in [0.15, 0.2) is 0 Å². The second-order valence-corrected chi connectivity index (χ2v) is 6.02. The molecule has 3 heteroatoms. The first-order valence-corrected chi connectivity index (χ1v) is 6.94. The highest BCUT2D eigenvalue weighted by molar-refractivity contribution is 6.06. The molecule has 2 N–H and O–H groups in total. The van der Waals surface area contributed by atoms with Crippen LogP contribution in [0, 0.1) is 13.8 Å². The molecule has 1 heterocycles. The molecule has 0 saturated carbocycles. The Bertz CT molecular complexity index is 532. The summed E-state index contributed by atoms with van der Waals surface area (Å²) < 4.78 is 0. The van der Waals surface area contributed by atoms with Crippen LogP contribution in [0.3, 0.4) is 0 Å². The Hall–Kier alpha value is -1.35. The van der Waals surface area contributed by atoms with Gasteiger partial charge in [-0.1, -0.05) is 13.3 Å². The van der Waals surface area contributed by atoms with Gasteiger partial charge in [0, 0.05) is 5.69 Å². The molecular weight excluding hydrogens is 238 g/mol. The maximum atomic E-state index is 12.0. The van der Waals surface area contributed by atoms with Crippen molar-refractivity contribution in [2.45, 2.75) is 59.0 Å². The molecule has 0 aromatic heterocycles. The molecule has 1 aliphatic heterocycles. The Balaban J connectivity index is 2.60. The third-order valence-electron chi connectivity index (χ3n) is 4.34. The molecule has 3 nitrogen and oxygen atoms in total. The Morgan fingerprint density at radius 2 is 1.95 bits per heavy atom. The quantitative estimate of drug-likeness (QED) is 0.876. The second kappa shape index (κ2) is 4.64. The zero-order valence-electron chi connectivity index (χ0n) is 12.4. The van der Waals surface area contributed by atoms with E-state index >= 15 is 0 Å². The normalized spacial score (nSPS) is 18.1. The number of hydrogen-bond donors (Lipinski definition) is 2. The van der Waals surface area contributed by atoms with Gasteiger partial charge in [-0.05, 0) is 62.4 Å². The molecular formula is C16H23NO2. The fourth-order valence-corrected chi connectivity index (χ4v) is 2.76. The van der Waals surface area contributed by atoms with Gasteiger partial charge in [0.05, 0.1) is 11.5 Å². The zero-order valence-corrected chi connectivity index (χ0v) is 12.4. The molecule has 1 atom stereocenters. The largest absolute Gasteiger partial charge is 0.388 e. The highest BCUT2D eigenvalue weighted by atomic mass is 16.3. The number of hydrogen-bond acceptors (Lipinski definition) is 2. The van der Waals surface area contributed by atoms with E-state index in [9.17, 15) is 9.90 Å². The lowest BCUT2D eigenvalue weighted by molar-refractivity contribution is -0.119. The van der Waals surface area contributed by atoms with E-state index in [1.807, 2.05) is 33.8 Å². The highest BCUT2D eigenvalue weighted by Crippen LogP contribution is 2.42. The van der Waals surface area contributed by atoms with Gasteiger partial charge in [0.1, 0.15) is 0 Å². The van der Waals surface area contributed by atoms with Crippen LogP contribution in [0.4, 0.5) is 5.69 Å². The summed E-state index contributed by atoms with van der Waals surface area (Å²) in [6.45, 7) is 9.95. The molecule has 0 spiro atoms. The molecule has 1 unspecified atom stereocenters. The third-order valence-corrected chi connectivity index (χ3v) is 4.34. The number of amides is 1. The number of anilines is 1. The van der Waals surface area contributed by atoms with Gasteiger partial charge in [-0.3, -0.25) is 4.79 Å². The number of carbonyl (C=O) groups excluding carboxylic acids is 1. The number of aliphatic hydroxyl groups excluding tert-OH is 1. The minimum Gasteiger partial charge on any atom is -0.388 e. The number of benzene rings is 1. The van der Waals surface area contributed by atoms with E-state index in [1.165, 1.54) is 0 Å². The first-order chi connectivity index (χ1) is 8.80. The standard InChI is InChI=1S/C16H23NO2/c1-6-7-13(18)11-8-12-14(10(3)9(11)2)17-15(19)16(12,4)5/h8,13,18H,6-7H2,1-5H3,(H,17,19). The van der Waals surface area contributed by atoms with Gasteiger partial charge < -0.3 is 10.4 Å². The van der Waals surface area contributed by atoms with E-state index in [2.05, 4.69) is 12.2 Å². The number of carbonyl (C=O) groups is 1. The maximum Gasteiger partial charge on any atom is 0.234 e. The summed E-state index contributed by atoms with van der Waals surface area (Å²) in [6, 6.07) is 2.01. The number of fused-ring (bicyclic) bond motifs is 1. The molecule has 0 fully saturated rings. The van der Waals surface area contributed by atoms with Crippen LogP contribution in [0.15, 0.2) is 6.07 Å². The van der Waals surface area contributed by atoms with Crippen molar-refractivity contribution in [2.24, 2.45) is 0 Å². The molecule has 1 aromatic carbocycles. The Labute approximate surface area is 115 Å². The van der Waals surface area contributed by atoms with Crippen molar-refractivity contribution < 1.29 is 9.90 Å². The summed E-state index contributed by atoms with van der Waals surface area (Å²) >= 11 is 0. The van der Waals surface area contributed by atoms with E-state index in [0.29, 0.717) is 0 Å². The SMILES string of the molecule is CCCC(O)c1cc2c(c(C)c1C)NC(=O)C2(C)C. The van der Waals surface area contributed by atoms with Gasteiger partial charge in [0.2, 0.25) is 5.91 Å². The first kappa shape index (κ1) is 14.1. The van der Waals surface area contributed by atoms with E-state index in [-0.39, 0.29) is 5.91 Å². The van der Waals surface area contributed by atoms with Crippen LogP contribution in [-0.4, -0.2) is 11.0 Å². The molecule has 0 bridgehead atoms. The second-order valence-electron chi connectivity index (χ2n) is 6.02. The molecule has 0 saturated heterocycles. The van der Waals surface area contributed by atoms with Gasteiger partial charge in [0.25, 0.3) is 0 Å². The smallest absolute Gasteiger partial charge is 0.234 e. The molecule has 2 rings (SSSR count). The van der Waals surface area contributed by atoms with Crippen LogP contribution in [0.1, 0.15) is 62.0 Å². The van der Waals surface area contributed by atoms with Crippen molar-refractivity contribution in [1.29, 1.82) is 0 Å². The lowest BCUT2D eigenvalue weighted by Gasteiger charge is -2.21. The fraction of sp³-hybridized carbons (Fsp3) is 0.562. The molecule has 0 aliphatic carbocycles. The van der Waals surface area contributed by atoms with Crippen LogP contribution in [0.25, 0.3) is 0 Å². The van der Waals surface area contributed by atoms with Gasteiger partial charge >= 0.3 is 0 Å². The Morgan fingerprint density at radius 1 is 1.32 bits per heavy atom. The predicted molar refractivity (Wildman–Crippen MR) is 77.4 cm³/mol. The number of aliphatic hydroxyl groups is 1. The van der Waals surface area contributed by atoms with Crippen LogP contribution in [0.5, 0.6) is 0 Å². The zero-order chi connectivity index (χ0) is 14.4. The minimum atomic E-state index is -0.519. The average molecular weight is 261 g/mol. The third kappa shape index (κ3) is 2.06. The lowest BCUT2D eigenvalue weighted by Crippen LogP contribution is -2.26. The Kier molecular flexibility index (Phi) is 3.43.